The van der Waals surface area contributed by atoms with Crippen molar-refractivity contribution in [3.63, 3.8) is 0 Å². The smallest absolute Gasteiger partial charge is 0.0624 e. The Bertz CT molecular complexity index is 565. The topological polar surface area (TPSA) is 17.8 Å². The van der Waals surface area contributed by atoms with Crippen LogP contribution in [0.4, 0.5) is 0 Å². The zero-order valence-corrected chi connectivity index (χ0v) is 14.3. The minimum atomic E-state index is 0.371. The molecule has 0 bridgehead atoms. The van der Waals surface area contributed by atoms with E-state index in [1.807, 2.05) is 18.2 Å². The van der Waals surface area contributed by atoms with Gasteiger partial charge in [-0.2, -0.15) is 5.10 Å². The van der Waals surface area contributed by atoms with E-state index < -0.39 is 0 Å². The van der Waals surface area contributed by atoms with Crippen molar-refractivity contribution in [1.82, 2.24) is 9.78 Å². The molecule has 2 nitrogen and oxygen atoms in total. The maximum Gasteiger partial charge on any atom is 0.0624 e. The number of nitrogens with zero attached hydrogens (tertiary/aromatic N) is 2. The third kappa shape index (κ3) is 3.44. The molecule has 0 fully saturated rings. The highest BCUT2D eigenvalue weighted by molar-refractivity contribution is 9.09. The Balaban J connectivity index is 2.26. The van der Waals surface area contributed by atoms with E-state index >= 15 is 0 Å². The molecule has 108 valence electrons. The minimum absolute atomic E-state index is 0.371. The first kappa shape index (κ1) is 15.6. The summed E-state index contributed by atoms with van der Waals surface area (Å²) in [5, 5.41) is 6.36. The summed E-state index contributed by atoms with van der Waals surface area (Å²) in [7, 11) is 0. The molecule has 0 aliphatic rings. The van der Waals surface area contributed by atoms with Crippen molar-refractivity contribution in [2.75, 3.05) is 5.33 Å². The third-order valence-corrected chi connectivity index (χ3v) is 4.69. The van der Waals surface area contributed by atoms with E-state index in [9.17, 15) is 0 Å². The van der Waals surface area contributed by atoms with Crippen LogP contribution >= 0.6 is 27.5 Å². The molecule has 1 heterocycles. The summed E-state index contributed by atoms with van der Waals surface area (Å²) >= 11 is 9.95. The van der Waals surface area contributed by atoms with Crippen LogP contribution in [0.15, 0.2) is 30.3 Å². The van der Waals surface area contributed by atoms with Crippen molar-refractivity contribution < 1.29 is 0 Å². The highest BCUT2D eigenvalue weighted by atomic mass is 79.9. The lowest BCUT2D eigenvalue weighted by atomic mass is 9.96. The average molecular weight is 356 g/mol. The zero-order chi connectivity index (χ0) is 14.5. The molecule has 4 heteroatoms. The van der Waals surface area contributed by atoms with Gasteiger partial charge in [0.15, 0.2) is 0 Å². The lowest BCUT2D eigenvalue weighted by Crippen LogP contribution is -2.10. The molecule has 0 saturated carbocycles. The van der Waals surface area contributed by atoms with Crippen molar-refractivity contribution >= 4 is 27.5 Å². The standard InChI is InChI=1S/C16H20BrClN2/c1-3-13-10-14(20(4-2)19-13)9-12(11-17)15-7-5-6-8-16(15)18/h5-8,10,12H,3-4,9,11H2,1-2H3. The van der Waals surface area contributed by atoms with Crippen LogP contribution in [0, 0.1) is 0 Å². The normalized spacial score (nSPS) is 12.6. The molecule has 1 aromatic heterocycles. The van der Waals surface area contributed by atoms with E-state index in [2.05, 4.69) is 51.7 Å². The summed E-state index contributed by atoms with van der Waals surface area (Å²) in [6, 6.07) is 10.3. The molecule has 2 aromatic rings. The Hall–Kier alpha value is -0.800. The van der Waals surface area contributed by atoms with Gasteiger partial charge in [0.2, 0.25) is 0 Å². The van der Waals surface area contributed by atoms with Crippen LogP contribution in [0.2, 0.25) is 5.02 Å². The molecule has 0 aliphatic heterocycles. The summed E-state index contributed by atoms with van der Waals surface area (Å²) in [5.41, 5.74) is 3.65. The SMILES string of the molecule is CCc1cc(CC(CBr)c2ccccc2Cl)n(CC)n1. The monoisotopic (exact) mass is 354 g/mol. The fourth-order valence-electron chi connectivity index (χ4n) is 2.43. The second-order valence-corrected chi connectivity index (χ2v) is 5.93. The van der Waals surface area contributed by atoms with Gasteiger partial charge in [0.1, 0.15) is 0 Å². The average Bonchev–Trinajstić information content (AvgIpc) is 2.88. The van der Waals surface area contributed by atoms with Gasteiger partial charge >= 0.3 is 0 Å². The number of aryl methyl sites for hydroxylation is 2. The molecule has 20 heavy (non-hydrogen) atoms. The maximum absolute atomic E-state index is 6.33. The first-order valence-corrected chi connectivity index (χ1v) is 8.55. The predicted octanol–water partition coefficient (Wildman–Crippen LogP) is 4.84. The summed E-state index contributed by atoms with van der Waals surface area (Å²) in [6.45, 7) is 5.18. The van der Waals surface area contributed by atoms with Crippen molar-refractivity contribution in [1.29, 1.82) is 0 Å². The lowest BCUT2D eigenvalue weighted by molar-refractivity contribution is 0.595. The van der Waals surface area contributed by atoms with Crippen molar-refractivity contribution in [2.45, 2.75) is 39.2 Å². The fraction of sp³-hybridized carbons (Fsp3) is 0.438. The Morgan fingerprint density at radius 1 is 1.30 bits per heavy atom. The molecule has 1 unspecified atom stereocenters. The Morgan fingerprint density at radius 2 is 2.05 bits per heavy atom. The van der Waals surface area contributed by atoms with Crippen molar-refractivity contribution in [2.24, 2.45) is 0 Å². The molecule has 0 N–H and O–H groups in total. The number of rotatable bonds is 6. The molecule has 0 saturated heterocycles. The number of hydrogen-bond donors (Lipinski definition) is 0. The number of aromatic nitrogens is 2. The molecule has 0 amide bonds. The number of benzene rings is 1. The number of hydrogen-bond acceptors (Lipinski definition) is 1. The third-order valence-electron chi connectivity index (χ3n) is 3.56. The maximum atomic E-state index is 6.33. The van der Waals surface area contributed by atoms with Crippen LogP contribution in [0.5, 0.6) is 0 Å². The van der Waals surface area contributed by atoms with E-state index in [-0.39, 0.29) is 0 Å². The van der Waals surface area contributed by atoms with E-state index in [0.717, 1.165) is 35.4 Å². The van der Waals surface area contributed by atoms with Crippen molar-refractivity contribution in [3.05, 3.63) is 52.3 Å². The van der Waals surface area contributed by atoms with E-state index in [0.29, 0.717) is 5.92 Å². The van der Waals surface area contributed by atoms with Crippen LogP contribution in [-0.4, -0.2) is 15.1 Å². The van der Waals surface area contributed by atoms with Gasteiger partial charge in [-0.3, -0.25) is 4.68 Å². The number of alkyl halides is 1. The van der Waals surface area contributed by atoms with Gasteiger partial charge in [-0.1, -0.05) is 52.7 Å². The summed E-state index contributed by atoms with van der Waals surface area (Å²) in [6.07, 6.45) is 1.93. The Kier molecular flexibility index (Phi) is 5.67. The van der Waals surface area contributed by atoms with Gasteiger partial charge in [-0.25, -0.2) is 0 Å². The highest BCUT2D eigenvalue weighted by Gasteiger charge is 2.17. The first-order chi connectivity index (χ1) is 9.69. The molecular weight excluding hydrogens is 336 g/mol. The van der Waals surface area contributed by atoms with Crippen LogP contribution in [-0.2, 0) is 19.4 Å². The van der Waals surface area contributed by atoms with Crippen LogP contribution in [0.3, 0.4) is 0 Å². The molecular formula is C16H20BrClN2. The molecule has 1 aromatic carbocycles. The van der Waals surface area contributed by atoms with Gasteiger partial charge in [-0.15, -0.1) is 0 Å². The highest BCUT2D eigenvalue weighted by Crippen LogP contribution is 2.29. The van der Waals surface area contributed by atoms with E-state index in [1.54, 1.807) is 0 Å². The molecule has 0 radical (unpaired) electrons. The van der Waals surface area contributed by atoms with Gasteiger partial charge in [0.05, 0.1) is 5.69 Å². The van der Waals surface area contributed by atoms with Gasteiger partial charge in [0.25, 0.3) is 0 Å². The fourth-order valence-corrected chi connectivity index (χ4v) is 3.30. The zero-order valence-electron chi connectivity index (χ0n) is 11.9. The lowest BCUT2D eigenvalue weighted by Gasteiger charge is -2.16. The largest absolute Gasteiger partial charge is 0.270 e. The molecule has 2 rings (SSSR count). The Morgan fingerprint density at radius 3 is 2.65 bits per heavy atom. The summed E-state index contributed by atoms with van der Waals surface area (Å²) in [4.78, 5) is 0. The van der Waals surface area contributed by atoms with Gasteiger partial charge < -0.3 is 0 Å². The first-order valence-electron chi connectivity index (χ1n) is 7.05. The second kappa shape index (κ2) is 7.28. The van der Waals surface area contributed by atoms with E-state index in [4.69, 9.17) is 11.6 Å². The van der Waals surface area contributed by atoms with Crippen LogP contribution in [0.25, 0.3) is 0 Å². The van der Waals surface area contributed by atoms with Gasteiger partial charge in [-0.05, 0) is 37.5 Å². The molecule has 1 atom stereocenters. The quantitative estimate of drug-likeness (QED) is 0.678. The van der Waals surface area contributed by atoms with E-state index in [1.165, 1.54) is 11.3 Å². The van der Waals surface area contributed by atoms with Crippen LogP contribution in [0.1, 0.15) is 36.7 Å². The van der Waals surface area contributed by atoms with Crippen molar-refractivity contribution in [3.8, 4) is 0 Å². The second-order valence-electron chi connectivity index (χ2n) is 4.87. The Labute approximate surface area is 134 Å². The van der Waals surface area contributed by atoms with Crippen LogP contribution < -0.4 is 0 Å². The summed E-state index contributed by atoms with van der Waals surface area (Å²) in [5.74, 6) is 0.371. The molecule has 0 spiro atoms. The molecule has 0 aliphatic carbocycles. The summed E-state index contributed by atoms with van der Waals surface area (Å²) < 4.78 is 2.10. The van der Waals surface area contributed by atoms with Gasteiger partial charge in [0, 0.05) is 28.5 Å². The number of halogens is 2. The minimum Gasteiger partial charge on any atom is -0.270 e. The predicted molar refractivity (Wildman–Crippen MR) is 89.0 cm³/mol.